The Morgan fingerprint density at radius 2 is 1.96 bits per heavy atom. The van der Waals surface area contributed by atoms with E-state index in [2.05, 4.69) is 0 Å². The molecule has 26 heavy (non-hydrogen) atoms. The van der Waals surface area contributed by atoms with E-state index >= 15 is 0 Å². The van der Waals surface area contributed by atoms with Gasteiger partial charge in [-0.3, -0.25) is 9.59 Å². The van der Waals surface area contributed by atoms with Crippen molar-refractivity contribution in [1.29, 1.82) is 0 Å². The Kier molecular flexibility index (Phi) is 6.29. The van der Waals surface area contributed by atoms with Gasteiger partial charge in [0.2, 0.25) is 0 Å². The van der Waals surface area contributed by atoms with Crippen molar-refractivity contribution in [3.63, 3.8) is 0 Å². The number of benzene rings is 1. The van der Waals surface area contributed by atoms with Gasteiger partial charge in [0.15, 0.2) is 23.0 Å². The van der Waals surface area contributed by atoms with E-state index in [4.69, 9.17) is 9.47 Å². The van der Waals surface area contributed by atoms with E-state index < -0.39 is 17.7 Å². The van der Waals surface area contributed by atoms with Crippen molar-refractivity contribution in [1.82, 2.24) is 4.90 Å². The second kappa shape index (κ2) is 8.25. The zero-order valence-corrected chi connectivity index (χ0v) is 16.0. The van der Waals surface area contributed by atoms with Gasteiger partial charge in [-0.25, -0.2) is 0 Å². The van der Waals surface area contributed by atoms with Crippen molar-refractivity contribution in [3.05, 3.63) is 35.1 Å². The van der Waals surface area contributed by atoms with Crippen molar-refractivity contribution in [2.45, 2.75) is 40.2 Å². The average Bonchev–Trinajstić information content (AvgIpc) is 2.87. The van der Waals surface area contributed by atoms with Crippen molar-refractivity contribution < 1.29 is 24.2 Å². The number of carbonyl (C=O) groups excluding carboxylic acids is 2. The Labute approximate surface area is 154 Å². The third-order valence-electron chi connectivity index (χ3n) is 4.36. The summed E-state index contributed by atoms with van der Waals surface area (Å²) in [5.74, 6) is -0.393. The van der Waals surface area contributed by atoms with Crippen LogP contribution in [0.15, 0.2) is 29.5 Å². The lowest BCUT2D eigenvalue weighted by molar-refractivity contribution is -0.129. The summed E-state index contributed by atoms with van der Waals surface area (Å²) in [5.41, 5.74) is 0.866. The van der Waals surface area contributed by atoms with Gasteiger partial charge in [-0.2, -0.15) is 0 Å². The molecule has 0 spiro atoms. The number of ether oxygens (including phenoxy) is 2. The van der Waals surface area contributed by atoms with E-state index in [9.17, 15) is 14.7 Å². The van der Waals surface area contributed by atoms with Gasteiger partial charge in [-0.1, -0.05) is 26.8 Å². The Bertz CT molecular complexity index is 723. The molecule has 0 aliphatic carbocycles. The highest BCUT2D eigenvalue weighted by Gasteiger charge is 2.43. The largest absolute Gasteiger partial charge is 0.503 e. The number of hydrogen-bond donors (Lipinski definition) is 1. The number of aliphatic hydroxyl groups excluding tert-OH is 1. The molecule has 0 bridgehead atoms. The number of hydrogen-bond acceptors (Lipinski definition) is 5. The molecule has 0 radical (unpaired) electrons. The lowest BCUT2D eigenvalue weighted by atomic mass is 9.91. The molecule has 0 saturated carbocycles. The second-order valence-corrected chi connectivity index (χ2v) is 6.53. The van der Waals surface area contributed by atoms with Crippen LogP contribution in [0.5, 0.6) is 11.5 Å². The Morgan fingerprint density at radius 1 is 1.27 bits per heavy atom. The van der Waals surface area contributed by atoms with Crippen molar-refractivity contribution >= 4 is 11.7 Å². The second-order valence-electron chi connectivity index (χ2n) is 6.53. The van der Waals surface area contributed by atoms with Gasteiger partial charge in [-0.05, 0) is 31.0 Å². The van der Waals surface area contributed by atoms with Crippen LogP contribution in [-0.4, -0.2) is 42.0 Å². The highest BCUT2D eigenvalue weighted by Crippen LogP contribution is 2.41. The Balaban J connectivity index is 2.57. The van der Waals surface area contributed by atoms with Gasteiger partial charge in [0.25, 0.3) is 5.91 Å². The fraction of sp³-hybridized carbons (Fsp3) is 0.500. The average molecular weight is 361 g/mol. The molecule has 1 aromatic carbocycles. The van der Waals surface area contributed by atoms with Crippen LogP contribution in [0.25, 0.3) is 0 Å². The smallest absolute Gasteiger partial charge is 0.290 e. The van der Waals surface area contributed by atoms with Gasteiger partial charge in [-0.15, -0.1) is 0 Å². The van der Waals surface area contributed by atoms with Crippen LogP contribution in [-0.2, 0) is 9.59 Å². The fourth-order valence-corrected chi connectivity index (χ4v) is 3.16. The molecule has 0 saturated heterocycles. The molecule has 1 aliphatic heterocycles. The van der Waals surface area contributed by atoms with Crippen molar-refractivity contribution in [3.8, 4) is 11.5 Å². The highest BCUT2D eigenvalue weighted by atomic mass is 16.5. The van der Waals surface area contributed by atoms with Gasteiger partial charge < -0.3 is 19.5 Å². The minimum Gasteiger partial charge on any atom is -0.503 e. The van der Waals surface area contributed by atoms with Crippen LogP contribution in [0.2, 0.25) is 0 Å². The van der Waals surface area contributed by atoms with Gasteiger partial charge in [0, 0.05) is 12.5 Å². The lowest BCUT2D eigenvalue weighted by Crippen LogP contribution is -2.32. The summed E-state index contributed by atoms with van der Waals surface area (Å²) in [6.45, 7) is 8.28. The highest BCUT2D eigenvalue weighted by molar-refractivity contribution is 6.09. The molecule has 2 rings (SSSR count). The van der Waals surface area contributed by atoms with E-state index in [1.807, 2.05) is 13.8 Å². The number of ketones is 1. The van der Waals surface area contributed by atoms with Crippen LogP contribution in [0, 0.1) is 5.92 Å². The zero-order valence-electron chi connectivity index (χ0n) is 16.0. The summed E-state index contributed by atoms with van der Waals surface area (Å²) in [4.78, 5) is 26.8. The minimum absolute atomic E-state index is 0.157. The van der Waals surface area contributed by atoms with Crippen molar-refractivity contribution in [2.75, 3.05) is 20.3 Å². The van der Waals surface area contributed by atoms with E-state index in [1.165, 1.54) is 0 Å². The molecule has 1 atom stereocenters. The quantitative estimate of drug-likeness (QED) is 0.768. The normalized spacial score (nSPS) is 17.2. The molecule has 6 heteroatoms. The number of Topliss-reactive ketones (excluding diaryl/α,β-unsaturated/α-hetero) is 1. The minimum atomic E-state index is -0.623. The molecule has 6 nitrogen and oxygen atoms in total. The van der Waals surface area contributed by atoms with Crippen molar-refractivity contribution in [2.24, 2.45) is 5.92 Å². The molecule has 1 aromatic rings. The van der Waals surface area contributed by atoms with Crippen LogP contribution >= 0.6 is 0 Å². The maximum Gasteiger partial charge on any atom is 0.290 e. The number of rotatable bonds is 8. The summed E-state index contributed by atoms with van der Waals surface area (Å²) >= 11 is 0. The predicted molar refractivity (Wildman–Crippen MR) is 98.4 cm³/mol. The first-order valence-corrected chi connectivity index (χ1v) is 8.96. The summed E-state index contributed by atoms with van der Waals surface area (Å²) in [6, 6.07) is 4.71. The van der Waals surface area contributed by atoms with Gasteiger partial charge >= 0.3 is 0 Å². The molecular weight excluding hydrogens is 334 g/mol. The maximum absolute atomic E-state index is 12.7. The molecule has 1 heterocycles. The number of methoxy groups -OCH3 is 1. The van der Waals surface area contributed by atoms with Crippen LogP contribution < -0.4 is 9.47 Å². The first-order chi connectivity index (χ1) is 12.4. The summed E-state index contributed by atoms with van der Waals surface area (Å²) in [5, 5.41) is 10.4. The first kappa shape index (κ1) is 19.8. The summed E-state index contributed by atoms with van der Waals surface area (Å²) < 4.78 is 10.9. The number of aliphatic hydroxyl groups is 1. The Morgan fingerprint density at radius 3 is 2.50 bits per heavy atom. The van der Waals surface area contributed by atoms with Crippen LogP contribution in [0.4, 0.5) is 0 Å². The summed E-state index contributed by atoms with van der Waals surface area (Å²) in [7, 11) is 1.54. The van der Waals surface area contributed by atoms with E-state index in [0.717, 1.165) is 0 Å². The zero-order chi connectivity index (χ0) is 19.4. The third kappa shape index (κ3) is 3.54. The van der Waals surface area contributed by atoms with E-state index in [0.29, 0.717) is 36.6 Å². The molecule has 1 amide bonds. The van der Waals surface area contributed by atoms with E-state index in [1.54, 1.807) is 44.1 Å². The molecule has 0 aromatic heterocycles. The third-order valence-corrected chi connectivity index (χ3v) is 4.36. The fourth-order valence-electron chi connectivity index (χ4n) is 3.16. The topological polar surface area (TPSA) is 76.1 Å². The first-order valence-electron chi connectivity index (χ1n) is 8.96. The Hall–Kier alpha value is -2.50. The molecule has 1 unspecified atom stereocenters. The monoisotopic (exact) mass is 361 g/mol. The van der Waals surface area contributed by atoms with Gasteiger partial charge in [0.1, 0.15) is 0 Å². The molecule has 1 aliphatic rings. The molecule has 1 N–H and O–H groups in total. The maximum atomic E-state index is 12.7. The van der Waals surface area contributed by atoms with Crippen LogP contribution in [0.1, 0.15) is 45.7 Å². The molecular formula is C20H27NO5. The standard InChI is InChI=1S/C20H27NO5/c1-6-10-21-17(16(18(22)12(3)4)19(23)20(21)24)13-8-9-14(26-7-2)15(11-13)25-5/h8-9,11-12,17,23H,6-7,10H2,1-5H3. The van der Waals surface area contributed by atoms with Crippen LogP contribution in [0.3, 0.4) is 0 Å². The van der Waals surface area contributed by atoms with Gasteiger partial charge in [0.05, 0.1) is 25.3 Å². The number of carbonyl (C=O) groups is 2. The lowest BCUT2D eigenvalue weighted by Gasteiger charge is -2.27. The summed E-state index contributed by atoms with van der Waals surface area (Å²) in [6.07, 6.45) is 0.715. The molecule has 0 fully saturated rings. The molecule has 142 valence electrons. The van der Waals surface area contributed by atoms with E-state index in [-0.39, 0.29) is 17.3 Å². The number of nitrogens with zero attached hydrogens (tertiary/aromatic N) is 1. The number of amides is 1. The predicted octanol–water partition coefficient (Wildman–Crippen LogP) is 3.42. The SMILES string of the molecule is CCCN1C(=O)C(O)=C(C(=O)C(C)C)C1c1ccc(OCC)c(OC)c1.